The van der Waals surface area contributed by atoms with Crippen molar-refractivity contribution in [1.82, 2.24) is 0 Å². The van der Waals surface area contributed by atoms with E-state index in [0.717, 1.165) is 11.1 Å². The smallest absolute Gasteiger partial charge is 0.190 e. The summed E-state index contributed by atoms with van der Waals surface area (Å²) < 4.78 is 11.5. The molecule has 18 nitrogen and oxygen atoms in total. The molecule has 0 aromatic heterocycles. The fourth-order valence-electron chi connectivity index (χ4n) is 14.9. The lowest BCUT2D eigenvalue weighted by Crippen LogP contribution is -2.42. The van der Waals surface area contributed by atoms with Gasteiger partial charge in [-0.3, -0.25) is 28.8 Å². The normalized spacial score (nSPS) is 17.4. The molecule has 428 valence electrons. The molecule has 2 heterocycles. The Bertz CT molecular complexity index is 5030. The maximum atomic E-state index is 14.0. The zero-order valence-electron chi connectivity index (χ0n) is 47.8. The predicted octanol–water partition coefficient (Wildman–Crippen LogP) is 8.60. The second kappa shape index (κ2) is 18.3. The van der Waals surface area contributed by atoms with Gasteiger partial charge in [-0.15, -0.1) is 0 Å². The molecule has 0 bridgehead atoms. The summed E-state index contributed by atoms with van der Waals surface area (Å²) in [6, 6.07) is 5.35. The van der Waals surface area contributed by atoms with E-state index in [1.165, 1.54) is 52.3 Å². The van der Waals surface area contributed by atoms with E-state index in [0.29, 0.717) is 156 Å². The van der Waals surface area contributed by atoms with Crippen molar-refractivity contribution in [3.05, 3.63) is 121 Å². The number of aromatic hydroxyl groups is 2. The zero-order valence-corrected chi connectivity index (χ0v) is 47.8. The van der Waals surface area contributed by atoms with Gasteiger partial charge in [0.15, 0.2) is 44.7 Å². The lowest BCUT2D eigenvalue weighted by molar-refractivity contribution is -0.118. The van der Waals surface area contributed by atoms with Crippen LogP contribution in [0, 0.1) is 0 Å². The van der Waals surface area contributed by atoms with Gasteiger partial charge >= 0.3 is 0 Å². The third-order valence-electron chi connectivity index (χ3n) is 18.0. The van der Waals surface area contributed by atoms with E-state index in [1.54, 1.807) is 0 Å². The number of phenolic OH excluding ortho intramolecular Hbond substituents is 2. The van der Waals surface area contributed by atoms with E-state index in [4.69, 9.17) is 9.47 Å². The number of hydrogen-bond donors (Lipinski definition) is 10. The summed E-state index contributed by atoms with van der Waals surface area (Å²) in [6.45, 7) is 13.9. The van der Waals surface area contributed by atoms with E-state index in [1.807, 2.05) is 53.7 Å². The number of ketones is 2. The van der Waals surface area contributed by atoms with Crippen molar-refractivity contribution in [2.24, 2.45) is 0 Å². The number of ether oxygens (including phenoxy) is 2. The van der Waals surface area contributed by atoms with Gasteiger partial charge in [0.05, 0.1) is 96.8 Å². The Morgan fingerprint density at radius 2 is 0.786 bits per heavy atom. The quantitative estimate of drug-likeness (QED) is 0.0503. The molecule has 10 aromatic rings. The third kappa shape index (κ3) is 6.98. The van der Waals surface area contributed by atoms with Gasteiger partial charge in [0, 0.05) is 78.7 Å². The highest BCUT2D eigenvalue weighted by molar-refractivity contribution is 6.42. The van der Waals surface area contributed by atoms with E-state index >= 15 is 0 Å². The van der Waals surface area contributed by atoms with Crippen molar-refractivity contribution in [3.8, 4) is 23.0 Å². The standard InChI is InChI=1S/2C33H30N2O7/c1-12-6-16-22-25-20(14(9-36)7-17(39)23(25)30-29(16)35-33(3,4)11-34-30)21-15(10-37)8-18(40)24-26(21)27(22)28(19(12)13(2)38)32(42-5)31(24)41;1-12-6-16-22-25-20(14(9-36)7-17(39)23(25)30-29(16)34-11-33(3,4)35-30)21-15(10-37)8-18(40)24-26(21)27(22)28(19(12)13(2)38)32(42-5)31(24)41/h2*6-8,19,34-37,41H,9-11H2,1-5H3. The van der Waals surface area contributed by atoms with E-state index < -0.39 is 71.7 Å². The minimum Gasteiger partial charge on any atom is -0.504 e. The molecule has 18 heteroatoms. The fourth-order valence-corrected chi connectivity index (χ4v) is 14.9. The highest BCUT2D eigenvalue weighted by Gasteiger charge is 2.41. The molecule has 0 fully saturated rings. The predicted molar refractivity (Wildman–Crippen MR) is 329 cm³/mol. The summed E-state index contributed by atoms with van der Waals surface area (Å²) in [5.74, 6) is -2.80. The number of Topliss-reactive ketones (excluding diaryl/α,β-unsaturated/α-hetero) is 2. The number of methoxy groups -OCH3 is 2. The van der Waals surface area contributed by atoms with Gasteiger partial charge in [-0.25, -0.2) is 0 Å². The van der Waals surface area contributed by atoms with Crippen LogP contribution in [0.4, 0.5) is 22.7 Å². The molecule has 4 aliphatic rings. The van der Waals surface area contributed by atoms with Crippen LogP contribution in [0.25, 0.3) is 98.3 Å². The topological polar surface area (TPSA) is 290 Å². The monoisotopic (exact) mass is 1130 g/mol. The molecule has 2 aliphatic heterocycles. The second-order valence-corrected chi connectivity index (χ2v) is 24.3. The zero-order chi connectivity index (χ0) is 60.0. The number of carbonyl (C=O) groups excluding carboxylic acids is 2. The van der Waals surface area contributed by atoms with Crippen LogP contribution < -0.4 is 52.5 Å². The van der Waals surface area contributed by atoms with Crippen molar-refractivity contribution in [2.75, 3.05) is 48.6 Å². The Morgan fingerprint density at radius 1 is 0.464 bits per heavy atom. The summed E-state index contributed by atoms with van der Waals surface area (Å²) in [6.07, 6.45) is 3.85. The highest BCUT2D eigenvalue weighted by atomic mass is 16.5. The first-order chi connectivity index (χ1) is 39.9. The van der Waals surface area contributed by atoms with Crippen LogP contribution in [-0.4, -0.2) is 80.6 Å². The Morgan fingerprint density at radius 3 is 1.14 bits per heavy atom. The lowest BCUT2D eigenvalue weighted by atomic mass is 9.79. The summed E-state index contributed by atoms with van der Waals surface area (Å²) >= 11 is 0. The molecule has 0 saturated carbocycles. The number of anilines is 4. The van der Waals surface area contributed by atoms with Crippen LogP contribution >= 0.6 is 0 Å². The van der Waals surface area contributed by atoms with Gasteiger partial charge in [-0.05, 0) is 134 Å². The molecule has 10 N–H and O–H groups in total. The van der Waals surface area contributed by atoms with Crippen molar-refractivity contribution >= 4 is 133 Å². The van der Waals surface area contributed by atoms with E-state index in [2.05, 4.69) is 21.3 Å². The number of aliphatic hydroxyl groups excluding tert-OH is 4. The van der Waals surface area contributed by atoms with Crippen molar-refractivity contribution in [1.29, 1.82) is 0 Å². The Labute approximate surface area is 477 Å². The largest absolute Gasteiger partial charge is 0.504 e. The molecular weight excluding hydrogens is 1070 g/mol. The van der Waals surface area contributed by atoms with Crippen molar-refractivity contribution < 1.29 is 49.7 Å². The summed E-state index contributed by atoms with van der Waals surface area (Å²) in [5, 5.41) is 86.3. The highest BCUT2D eigenvalue weighted by Crippen LogP contribution is 2.60. The number of nitrogens with one attached hydrogen (secondary N) is 4. The first-order valence-electron chi connectivity index (χ1n) is 27.7. The number of allylic oxidation sites excluding steroid dienone is 2. The van der Waals surface area contributed by atoms with Gasteiger partial charge in [0.2, 0.25) is 0 Å². The summed E-state index contributed by atoms with van der Waals surface area (Å²) in [4.78, 5) is 81.9. The Kier molecular flexibility index (Phi) is 11.8. The minimum atomic E-state index is -0.831. The average molecular weight is 1130 g/mol. The van der Waals surface area contributed by atoms with Gasteiger partial charge < -0.3 is 61.4 Å². The van der Waals surface area contributed by atoms with Crippen molar-refractivity contribution in [3.63, 3.8) is 0 Å². The van der Waals surface area contributed by atoms with Crippen molar-refractivity contribution in [2.45, 2.75) is 105 Å². The number of aliphatic hydroxyl groups is 4. The van der Waals surface area contributed by atoms with Crippen LogP contribution in [0.15, 0.2) is 54.6 Å². The fraction of sp³-hybridized carbons (Fsp3) is 0.303. The number of hydrogen-bond acceptors (Lipinski definition) is 18. The van der Waals surface area contributed by atoms with Crippen LogP contribution in [0.3, 0.4) is 0 Å². The molecular formula is C66H60N4O14. The van der Waals surface area contributed by atoms with Crippen LogP contribution in [0.5, 0.6) is 23.0 Å². The van der Waals surface area contributed by atoms with Gasteiger partial charge in [-0.2, -0.15) is 0 Å². The molecule has 14 rings (SSSR count). The van der Waals surface area contributed by atoms with E-state index in [-0.39, 0.29) is 44.7 Å². The van der Waals surface area contributed by atoms with Crippen LogP contribution in [0.1, 0.15) is 112 Å². The Balaban J connectivity index is 0.000000157. The molecule has 0 spiro atoms. The SMILES string of the molecule is COc1c(O)c2c(=O)cc(CO)c3c4c(CO)cc(=O)c5c6c(c7c(c(c1C(C(C)=O)C(C)=C7)c23)c54)NC(C)(C)CN6.COc1c(O)c2c(=O)cc(CO)c3c4c(CO)cc(=O)c5c6c(c7c(c(c1C(C(C)=O)C(C)=C7)c23)c54)NCC(C)(C)N6. The van der Waals surface area contributed by atoms with Gasteiger partial charge in [-0.1, -0.05) is 23.3 Å². The number of carbonyl (C=O) groups is 2. The Hall–Kier alpha value is -8.94. The second-order valence-electron chi connectivity index (χ2n) is 24.3. The summed E-state index contributed by atoms with van der Waals surface area (Å²) in [5.41, 5.74) is 5.06. The number of fused-ring (bicyclic) bond motifs is 8. The maximum absolute atomic E-state index is 14.0. The molecule has 2 atom stereocenters. The van der Waals surface area contributed by atoms with E-state index in [9.17, 15) is 59.4 Å². The minimum absolute atomic E-state index is 0.00978. The maximum Gasteiger partial charge on any atom is 0.190 e. The molecule has 10 aromatic carbocycles. The molecule has 0 radical (unpaired) electrons. The average Bonchev–Trinajstić information content (AvgIpc) is 1.09. The lowest BCUT2D eigenvalue weighted by Gasteiger charge is -2.37. The first-order valence-corrected chi connectivity index (χ1v) is 27.7. The van der Waals surface area contributed by atoms with Gasteiger partial charge in [0.1, 0.15) is 11.6 Å². The number of phenols is 2. The summed E-state index contributed by atoms with van der Waals surface area (Å²) in [7, 11) is 2.76. The number of benzene rings is 10. The number of rotatable bonds is 8. The molecule has 2 aliphatic carbocycles. The first kappa shape index (κ1) is 54.3. The molecule has 2 unspecified atom stereocenters. The van der Waals surface area contributed by atoms with Gasteiger partial charge in [0.25, 0.3) is 0 Å². The molecule has 84 heavy (non-hydrogen) atoms. The molecule has 0 saturated heterocycles. The van der Waals surface area contributed by atoms with Crippen LogP contribution in [0.2, 0.25) is 0 Å². The van der Waals surface area contributed by atoms with Crippen LogP contribution in [-0.2, 0) is 36.0 Å². The molecule has 0 amide bonds. The third-order valence-corrected chi connectivity index (χ3v) is 18.0.